The van der Waals surface area contributed by atoms with Crippen molar-refractivity contribution in [1.82, 2.24) is 9.71 Å². The highest BCUT2D eigenvalue weighted by atomic mass is 32.2. The summed E-state index contributed by atoms with van der Waals surface area (Å²) in [7, 11) is 0. The maximum atomic E-state index is 4.07. The van der Waals surface area contributed by atoms with Gasteiger partial charge in [0.05, 0.1) is 0 Å². The predicted octanol–water partition coefficient (Wildman–Crippen LogP) is 5.45. The highest BCUT2D eigenvalue weighted by Crippen LogP contribution is 2.25. The van der Waals surface area contributed by atoms with E-state index in [1.54, 1.807) is 11.9 Å². The van der Waals surface area contributed by atoms with Gasteiger partial charge in [-0.25, -0.2) is 0 Å². The first-order chi connectivity index (χ1) is 9.81. The molecule has 2 nitrogen and oxygen atoms in total. The Morgan fingerprint density at radius 2 is 1.70 bits per heavy atom. The van der Waals surface area contributed by atoms with E-state index in [1.165, 1.54) is 49.8 Å². The van der Waals surface area contributed by atoms with Crippen molar-refractivity contribution in [2.24, 2.45) is 5.92 Å². The first-order valence-corrected chi connectivity index (χ1v) is 8.95. The molecule has 2 atom stereocenters. The second kappa shape index (κ2) is 11.2. The van der Waals surface area contributed by atoms with Crippen LogP contribution in [0.5, 0.6) is 0 Å². The van der Waals surface area contributed by atoms with Gasteiger partial charge in [-0.1, -0.05) is 46.5 Å². The van der Waals surface area contributed by atoms with Gasteiger partial charge in [-0.3, -0.25) is 9.71 Å². The molecule has 0 aliphatic heterocycles. The van der Waals surface area contributed by atoms with Gasteiger partial charge < -0.3 is 0 Å². The van der Waals surface area contributed by atoms with Crippen LogP contribution in [0.1, 0.15) is 65.7 Å². The molecule has 0 spiro atoms. The maximum Gasteiger partial charge on any atom is 0.0279 e. The predicted molar refractivity (Wildman–Crippen MR) is 89.8 cm³/mol. The van der Waals surface area contributed by atoms with Crippen LogP contribution in [0.4, 0.5) is 0 Å². The number of nitrogens with one attached hydrogen (secondary N) is 1. The van der Waals surface area contributed by atoms with Gasteiger partial charge in [0.1, 0.15) is 0 Å². The molecule has 0 saturated heterocycles. The van der Waals surface area contributed by atoms with E-state index in [0.29, 0.717) is 6.04 Å². The molecule has 20 heavy (non-hydrogen) atoms. The van der Waals surface area contributed by atoms with Crippen molar-refractivity contribution in [2.45, 2.75) is 76.7 Å². The zero-order chi connectivity index (χ0) is 14.6. The average molecular weight is 295 g/mol. The maximum absolute atomic E-state index is 4.07. The van der Waals surface area contributed by atoms with E-state index in [4.69, 9.17) is 0 Å². The minimum absolute atomic E-state index is 0.629. The summed E-state index contributed by atoms with van der Waals surface area (Å²) < 4.78 is 3.72. The van der Waals surface area contributed by atoms with Crippen LogP contribution in [0.3, 0.4) is 0 Å². The summed E-state index contributed by atoms with van der Waals surface area (Å²) in [6, 6.07) is 4.77. The van der Waals surface area contributed by atoms with Gasteiger partial charge in [-0.15, -0.1) is 0 Å². The van der Waals surface area contributed by atoms with E-state index < -0.39 is 0 Å². The fourth-order valence-electron chi connectivity index (χ4n) is 2.64. The number of aromatic nitrogens is 1. The Hall–Kier alpha value is -0.540. The fraction of sp³-hybridized carbons (Fsp3) is 0.706. The largest absolute Gasteiger partial charge is 0.265 e. The van der Waals surface area contributed by atoms with E-state index in [9.17, 15) is 0 Å². The zero-order valence-corrected chi connectivity index (χ0v) is 14.1. The van der Waals surface area contributed by atoms with Crippen LogP contribution in [0.15, 0.2) is 29.4 Å². The van der Waals surface area contributed by atoms with Crippen molar-refractivity contribution in [2.75, 3.05) is 0 Å². The molecule has 2 unspecified atom stereocenters. The SMILES string of the molecule is CCCCC(CCC)C(CCC)NSc1ccncc1. The normalized spacial score (nSPS) is 14.2. The number of nitrogens with zero attached hydrogens (tertiary/aromatic N) is 1. The van der Waals surface area contributed by atoms with Crippen LogP contribution in [-0.2, 0) is 0 Å². The summed E-state index contributed by atoms with van der Waals surface area (Å²) in [5.41, 5.74) is 0. The van der Waals surface area contributed by atoms with Crippen LogP contribution >= 0.6 is 11.9 Å². The first kappa shape index (κ1) is 17.5. The molecule has 0 aliphatic carbocycles. The Labute approximate surface area is 129 Å². The minimum atomic E-state index is 0.629. The molecular weight excluding hydrogens is 264 g/mol. The monoisotopic (exact) mass is 294 g/mol. The van der Waals surface area contributed by atoms with Gasteiger partial charge in [-0.05, 0) is 49.3 Å². The van der Waals surface area contributed by atoms with Crippen molar-refractivity contribution >= 4 is 11.9 Å². The summed E-state index contributed by atoms with van der Waals surface area (Å²) in [4.78, 5) is 5.33. The lowest BCUT2D eigenvalue weighted by molar-refractivity contribution is 0.325. The number of hydrogen-bond acceptors (Lipinski definition) is 3. The molecule has 1 rings (SSSR count). The van der Waals surface area contributed by atoms with E-state index in [1.807, 2.05) is 12.4 Å². The Morgan fingerprint density at radius 3 is 2.30 bits per heavy atom. The van der Waals surface area contributed by atoms with Crippen molar-refractivity contribution in [3.63, 3.8) is 0 Å². The van der Waals surface area contributed by atoms with Gasteiger partial charge in [-0.2, -0.15) is 0 Å². The highest BCUT2D eigenvalue weighted by Gasteiger charge is 2.19. The molecule has 1 N–H and O–H groups in total. The van der Waals surface area contributed by atoms with Gasteiger partial charge in [0.15, 0.2) is 0 Å². The molecule has 0 aliphatic rings. The summed E-state index contributed by atoms with van der Waals surface area (Å²) in [5.74, 6) is 0.814. The Morgan fingerprint density at radius 1 is 1.00 bits per heavy atom. The van der Waals surface area contributed by atoms with Crippen LogP contribution in [0, 0.1) is 5.92 Å². The van der Waals surface area contributed by atoms with Crippen molar-refractivity contribution in [3.05, 3.63) is 24.5 Å². The van der Waals surface area contributed by atoms with E-state index in [0.717, 1.165) is 5.92 Å². The van der Waals surface area contributed by atoms with Gasteiger partial charge in [0, 0.05) is 23.3 Å². The molecule has 114 valence electrons. The second-order valence-corrected chi connectivity index (χ2v) is 6.40. The summed E-state index contributed by atoms with van der Waals surface area (Å²) >= 11 is 1.77. The number of rotatable bonds is 11. The molecule has 0 amide bonds. The van der Waals surface area contributed by atoms with Crippen molar-refractivity contribution in [3.8, 4) is 0 Å². The number of hydrogen-bond donors (Lipinski definition) is 1. The Bertz CT molecular complexity index is 329. The molecule has 0 saturated carbocycles. The number of pyridine rings is 1. The molecule has 0 radical (unpaired) electrons. The van der Waals surface area contributed by atoms with Crippen LogP contribution < -0.4 is 4.72 Å². The molecule has 0 bridgehead atoms. The van der Waals surface area contributed by atoms with Crippen LogP contribution in [0.2, 0.25) is 0 Å². The number of unbranched alkanes of at least 4 members (excludes halogenated alkanes) is 1. The lowest BCUT2D eigenvalue weighted by Crippen LogP contribution is -2.32. The summed E-state index contributed by atoms with van der Waals surface area (Å²) in [6.07, 6.45) is 12.9. The summed E-state index contributed by atoms with van der Waals surface area (Å²) in [5, 5.41) is 0. The topological polar surface area (TPSA) is 24.9 Å². The van der Waals surface area contributed by atoms with Crippen molar-refractivity contribution in [1.29, 1.82) is 0 Å². The minimum Gasteiger partial charge on any atom is -0.265 e. The van der Waals surface area contributed by atoms with E-state index in [-0.39, 0.29) is 0 Å². The summed E-state index contributed by atoms with van der Waals surface area (Å²) in [6.45, 7) is 6.88. The van der Waals surface area contributed by atoms with Gasteiger partial charge in [0.2, 0.25) is 0 Å². The van der Waals surface area contributed by atoms with Gasteiger partial charge in [0.25, 0.3) is 0 Å². The Kier molecular flexibility index (Phi) is 9.77. The molecule has 0 aromatic carbocycles. The lowest BCUT2D eigenvalue weighted by atomic mass is 9.88. The molecule has 1 aromatic rings. The third kappa shape index (κ3) is 6.76. The van der Waals surface area contributed by atoms with Gasteiger partial charge >= 0.3 is 0 Å². The standard InChI is InChI=1S/C17H30N2S/c1-4-7-10-15(8-5-2)17(9-6-3)19-20-16-11-13-18-14-12-16/h11-15,17,19H,4-10H2,1-3H3. The molecule has 1 heterocycles. The quantitative estimate of drug-likeness (QED) is 0.549. The van der Waals surface area contributed by atoms with Crippen LogP contribution in [-0.4, -0.2) is 11.0 Å². The highest BCUT2D eigenvalue weighted by molar-refractivity contribution is 7.97. The zero-order valence-electron chi connectivity index (χ0n) is 13.3. The van der Waals surface area contributed by atoms with Crippen LogP contribution in [0.25, 0.3) is 0 Å². The molecule has 0 fully saturated rings. The second-order valence-electron chi connectivity index (χ2n) is 5.49. The lowest BCUT2D eigenvalue weighted by Gasteiger charge is -2.27. The molecule has 1 aromatic heterocycles. The van der Waals surface area contributed by atoms with Crippen molar-refractivity contribution < 1.29 is 0 Å². The van der Waals surface area contributed by atoms with E-state index in [2.05, 4.69) is 42.6 Å². The Balaban J connectivity index is 2.55. The average Bonchev–Trinajstić information content (AvgIpc) is 2.49. The third-order valence-electron chi connectivity index (χ3n) is 3.73. The smallest absolute Gasteiger partial charge is 0.0279 e. The first-order valence-electron chi connectivity index (χ1n) is 8.14. The van der Waals surface area contributed by atoms with E-state index >= 15 is 0 Å². The molecular formula is C17H30N2S. The third-order valence-corrected chi connectivity index (χ3v) is 4.66. The fourth-order valence-corrected chi connectivity index (χ4v) is 3.49. The molecule has 3 heteroatoms.